The van der Waals surface area contributed by atoms with E-state index in [0.717, 1.165) is 16.5 Å². The van der Waals surface area contributed by atoms with Gasteiger partial charge in [-0.2, -0.15) is 5.26 Å². The van der Waals surface area contributed by atoms with Gasteiger partial charge in [0.25, 0.3) is 5.91 Å². The number of nitrogens with one attached hydrogen (secondary N) is 1. The Morgan fingerprint density at radius 2 is 1.90 bits per heavy atom. The van der Waals surface area contributed by atoms with E-state index in [4.69, 9.17) is 4.74 Å². The van der Waals surface area contributed by atoms with E-state index >= 15 is 0 Å². The first-order valence-corrected chi connectivity index (χ1v) is 9.25. The number of fused-ring (bicyclic) bond motifs is 1. The molecule has 6 nitrogen and oxygen atoms in total. The number of esters is 1. The van der Waals surface area contributed by atoms with Crippen LogP contribution in [-0.4, -0.2) is 23.1 Å². The van der Waals surface area contributed by atoms with E-state index in [0.29, 0.717) is 17.9 Å². The second kappa shape index (κ2) is 8.89. The van der Waals surface area contributed by atoms with E-state index in [9.17, 15) is 14.9 Å². The largest absolute Gasteiger partial charge is 0.465 e. The van der Waals surface area contributed by atoms with Crippen molar-refractivity contribution in [2.24, 2.45) is 0 Å². The molecule has 146 valence electrons. The first-order chi connectivity index (χ1) is 14.0. The molecule has 0 saturated heterocycles. The fourth-order valence-corrected chi connectivity index (χ4v) is 3.07. The molecule has 0 aliphatic rings. The van der Waals surface area contributed by atoms with Crippen molar-refractivity contribution in [1.29, 1.82) is 5.26 Å². The molecule has 1 N–H and O–H groups in total. The summed E-state index contributed by atoms with van der Waals surface area (Å²) in [7, 11) is 0. The molecule has 1 heterocycles. The van der Waals surface area contributed by atoms with Crippen LogP contribution in [0.5, 0.6) is 0 Å². The van der Waals surface area contributed by atoms with Gasteiger partial charge in [0.2, 0.25) is 0 Å². The highest BCUT2D eigenvalue weighted by atomic mass is 16.5. The maximum atomic E-state index is 12.6. The minimum Gasteiger partial charge on any atom is -0.465 e. The van der Waals surface area contributed by atoms with Crippen LogP contribution in [0.2, 0.25) is 0 Å². The van der Waals surface area contributed by atoms with Crippen molar-refractivity contribution in [2.45, 2.75) is 20.4 Å². The number of carbonyl (C=O) groups excluding carboxylic acids is 2. The van der Waals surface area contributed by atoms with Crippen molar-refractivity contribution >= 4 is 34.5 Å². The molecule has 2 aromatic carbocycles. The lowest BCUT2D eigenvalue weighted by atomic mass is 10.1. The summed E-state index contributed by atoms with van der Waals surface area (Å²) < 4.78 is 6.79. The second-order valence-electron chi connectivity index (χ2n) is 6.47. The quantitative estimate of drug-likeness (QED) is 0.393. The summed E-state index contributed by atoms with van der Waals surface area (Å²) in [5, 5.41) is 13.2. The van der Waals surface area contributed by atoms with Crippen LogP contribution in [0.1, 0.15) is 18.1 Å². The average molecular weight is 387 g/mol. The molecule has 0 fully saturated rings. The first-order valence-electron chi connectivity index (χ1n) is 9.25. The number of hydrogen-bond acceptors (Lipinski definition) is 4. The third kappa shape index (κ3) is 4.53. The Hall–Kier alpha value is -3.85. The van der Waals surface area contributed by atoms with Crippen molar-refractivity contribution in [3.63, 3.8) is 0 Å². The van der Waals surface area contributed by atoms with Gasteiger partial charge in [-0.3, -0.25) is 9.59 Å². The van der Waals surface area contributed by atoms with Gasteiger partial charge in [-0.05, 0) is 37.6 Å². The summed E-state index contributed by atoms with van der Waals surface area (Å²) in [6, 6.07) is 16.8. The Bertz CT molecular complexity index is 1140. The number of anilines is 1. The Morgan fingerprint density at radius 1 is 1.17 bits per heavy atom. The summed E-state index contributed by atoms with van der Waals surface area (Å²) in [5.74, 6) is -0.828. The Morgan fingerprint density at radius 3 is 2.62 bits per heavy atom. The van der Waals surface area contributed by atoms with Gasteiger partial charge in [0, 0.05) is 28.4 Å². The number of hydrogen-bond donors (Lipinski definition) is 1. The average Bonchev–Trinajstić information content (AvgIpc) is 3.05. The first kappa shape index (κ1) is 19.9. The third-order valence-electron chi connectivity index (χ3n) is 4.48. The normalized spacial score (nSPS) is 11.1. The standard InChI is InChI=1S/C23H21N3O3/c1-3-29-22(27)15-26-14-18(19-9-5-7-11-21(19)26)12-17(13-24)23(28)25-20-10-6-4-8-16(20)2/h4-12,14H,3,15H2,1-2H3,(H,25,28). The minimum atomic E-state index is -0.482. The smallest absolute Gasteiger partial charge is 0.325 e. The predicted octanol–water partition coefficient (Wildman–Crippen LogP) is 4.06. The molecular formula is C23H21N3O3. The molecular weight excluding hydrogens is 366 g/mol. The number of aryl methyl sites for hydroxylation is 1. The van der Waals surface area contributed by atoms with Gasteiger partial charge in [0.15, 0.2) is 0 Å². The van der Waals surface area contributed by atoms with Gasteiger partial charge in [0.1, 0.15) is 18.2 Å². The Balaban J connectivity index is 1.95. The summed E-state index contributed by atoms with van der Waals surface area (Å²) in [5.41, 5.74) is 3.05. The lowest BCUT2D eigenvalue weighted by molar-refractivity contribution is -0.143. The van der Waals surface area contributed by atoms with Crippen molar-refractivity contribution in [3.05, 3.63) is 71.4 Å². The molecule has 3 aromatic rings. The van der Waals surface area contributed by atoms with Crippen LogP contribution in [0.3, 0.4) is 0 Å². The van der Waals surface area contributed by atoms with Gasteiger partial charge >= 0.3 is 5.97 Å². The zero-order chi connectivity index (χ0) is 20.8. The second-order valence-corrected chi connectivity index (χ2v) is 6.47. The van der Waals surface area contributed by atoms with E-state index in [1.165, 1.54) is 6.08 Å². The molecule has 0 spiro atoms. The fourth-order valence-electron chi connectivity index (χ4n) is 3.07. The van der Waals surface area contributed by atoms with Gasteiger partial charge < -0.3 is 14.6 Å². The topological polar surface area (TPSA) is 84.1 Å². The van der Waals surface area contributed by atoms with Gasteiger partial charge in [0.05, 0.1) is 6.61 Å². The summed E-state index contributed by atoms with van der Waals surface area (Å²) in [6.07, 6.45) is 3.29. The SMILES string of the molecule is CCOC(=O)Cn1cc(C=C(C#N)C(=O)Nc2ccccc2C)c2ccccc21. The lowest BCUT2D eigenvalue weighted by Crippen LogP contribution is -2.14. The summed E-state index contributed by atoms with van der Waals surface area (Å²) in [6.45, 7) is 4.00. The van der Waals surface area contributed by atoms with E-state index in [-0.39, 0.29) is 18.1 Å². The zero-order valence-electron chi connectivity index (χ0n) is 16.3. The van der Waals surface area contributed by atoms with Crippen molar-refractivity contribution in [1.82, 2.24) is 4.57 Å². The monoisotopic (exact) mass is 387 g/mol. The molecule has 0 radical (unpaired) electrons. The lowest BCUT2D eigenvalue weighted by Gasteiger charge is -2.07. The molecule has 0 unspecified atom stereocenters. The van der Waals surface area contributed by atoms with E-state index < -0.39 is 5.91 Å². The highest BCUT2D eigenvalue weighted by Gasteiger charge is 2.14. The molecule has 0 aliphatic carbocycles. The number of para-hydroxylation sites is 2. The number of rotatable bonds is 6. The zero-order valence-corrected chi connectivity index (χ0v) is 16.3. The number of ether oxygens (including phenoxy) is 1. The number of nitrogens with zero attached hydrogens (tertiary/aromatic N) is 2. The maximum Gasteiger partial charge on any atom is 0.325 e. The highest BCUT2D eigenvalue weighted by Crippen LogP contribution is 2.24. The Labute approximate surface area is 169 Å². The van der Waals surface area contributed by atoms with Crippen molar-refractivity contribution in [2.75, 3.05) is 11.9 Å². The van der Waals surface area contributed by atoms with E-state index in [2.05, 4.69) is 5.32 Å². The maximum absolute atomic E-state index is 12.6. The molecule has 0 atom stereocenters. The number of amides is 1. The molecule has 0 aliphatic heterocycles. The molecule has 29 heavy (non-hydrogen) atoms. The van der Waals surface area contributed by atoms with Gasteiger partial charge in [-0.15, -0.1) is 0 Å². The summed E-state index contributed by atoms with van der Waals surface area (Å²) >= 11 is 0. The van der Waals surface area contributed by atoms with Crippen LogP contribution in [0.25, 0.3) is 17.0 Å². The molecule has 0 bridgehead atoms. The molecule has 6 heteroatoms. The number of benzene rings is 2. The van der Waals surface area contributed by atoms with Crippen LogP contribution in [0.15, 0.2) is 60.3 Å². The van der Waals surface area contributed by atoms with Crippen molar-refractivity contribution < 1.29 is 14.3 Å². The van der Waals surface area contributed by atoms with Crippen LogP contribution >= 0.6 is 0 Å². The molecule has 1 amide bonds. The molecule has 0 saturated carbocycles. The molecule has 3 rings (SSSR count). The number of aromatic nitrogens is 1. The van der Waals surface area contributed by atoms with E-state index in [1.807, 2.05) is 55.5 Å². The number of nitriles is 1. The Kier molecular flexibility index (Phi) is 6.10. The van der Waals surface area contributed by atoms with Gasteiger partial charge in [-0.25, -0.2) is 0 Å². The highest BCUT2D eigenvalue weighted by molar-refractivity contribution is 6.11. The third-order valence-corrected chi connectivity index (χ3v) is 4.48. The van der Waals surface area contributed by atoms with Crippen LogP contribution in [0.4, 0.5) is 5.69 Å². The predicted molar refractivity (Wildman–Crippen MR) is 112 cm³/mol. The van der Waals surface area contributed by atoms with Gasteiger partial charge in [-0.1, -0.05) is 36.4 Å². The van der Waals surface area contributed by atoms with Crippen LogP contribution in [-0.2, 0) is 20.9 Å². The number of carbonyl (C=O) groups is 2. The van der Waals surface area contributed by atoms with Crippen LogP contribution in [0, 0.1) is 18.3 Å². The molecule has 1 aromatic heterocycles. The fraction of sp³-hybridized carbons (Fsp3) is 0.174. The van der Waals surface area contributed by atoms with E-state index in [1.54, 1.807) is 23.8 Å². The van der Waals surface area contributed by atoms with Crippen LogP contribution < -0.4 is 5.32 Å². The minimum absolute atomic E-state index is 0.0210. The van der Waals surface area contributed by atoms with Crippen molar-refractivity contribution in [3.8, 4) is 6.07 Å². The summed E-state index contributed by atoms with van der Waals surface area (Å²) in [4.78, 5) is 24.5.